The van der Waals surface area contributed by atoms with Crippen molar-refractivity contribution in [2.45, 2.75) is 50.5 Å². The summed E-state index contributed by atoms with van der Waals surface area (Å²) in [5.74, 6) is 1.64. The molecule has 0 aliphatic carbocycles. The van der Waals surface area contributed by atoms with Gasteiger partial charge in [0, 0.05) is 35.5 Å². The van der Waals surface area contributed by atoms with Gasteiger partial charge in [-0.3, -0.25) is 9.59 Å². The second kappa shape index (κ2) is 8.57. The number of rotatable bonds is 5. The number of thioether (sulfide) groups is 1. The zero-order chi connectivity index (χ0) is 20.5. The summed E-state index contributed by atoms with van der Waals surface area (Å²) in [5.41, 5.74) is 0.912. The SMILES string of the molecule is Cc1sc2nc(CSC(C)C(=O)N3CCCC(c4nccs4)C3)[nH]c(=O)c2c1C. The first kappa shape index (κ1) is 20.6. The molecule has 1 saturated heterocycles. The molecule has 0 radical (unpaired) electrons. The van der Waals surface area contributed by atoms with E-state index in [2.05, 4.69) is 15.0 Å². The van der Waals surface area contributed by atoms with Crippen LogP contribution in [0.5, 0.6) is 0 Å². The van der Waals surface area contributed by atoms with Crippen molar-refractivity contribution in [2.24, 2.45) is 0 Å². The number of piperidine rings is 1. The average Bonchev–Trinajstić information content (AvgIpc) is 3.34. The highest BCUT2D eigenvalue weighted by Gasteiger charge is 2.29. The second-order valence-electron chi connectivity index (χ2n) is 7.42. The van der Waals surface area contributed by atoms with Crippen LogP contribution in [0.2, 0.25) is 0 Å². The minimum Gasteiger partial charge on any atom is -0.341 e. The Hall–Kier alpha value is -1.71. The second-order valence-corrected chi connectivity index (χ2v) is 10.9. The van der Waals surface area contributed by atoms with E-state index in [1.165, 1.54) is 11.8 Å². The molecule has 0 bridgehead atoms. The number of H-pyrrole nitrogens is 1. The molecule has 29 heavy (non-hydrogen) atoms. The smallest absolute Gasteiger partial charge is 0.259 e. The normalized spacial score (nSPS) is 18.3. The molecule has 1 amide bonds. The predicted octanol–water partition coefficient (Wildman–Crippen LogP) is 4.09. The first-order valence-corrected chi connectivity index (χ1v) is 12.5. The number of hydrogen-bond donors (Lipinski definition) is 1. The molecule has 1 aliphatic heterocycles. The first-order valence-electron chi connectivity index (χ1n) is 9.72. The van der Waals surface area contributed by atoms with Crippen LogP contribution in [-0.4, -0.2) is 44.1 Å². The van der Waals surface area contributed by atoms with Gasteiger partial charge in [0.2, 0.25) is 5.91 Å². The maximum atomic E-state index is 13.0. The number of hydrogen-bond acceptors (Lipinski definition) is 7. The summed E-state index contributed by atoms with van der Waals surface area (Å²) >= 11 is 4.74. The third-order valence-corrected chi connectivity index (χ3v) is 8.62. The summed E-state index contributed by atoms with van der Waals surface area (Å²) in [6, 6.07) is 0. The fourth-order valence-electron chi connectivity index (χ4n) is 3.71. The van der Waals surface area contributed by atoms with Crippen LogP contribution in [0.15, 0.2) is 16.4 Å². The zero-order valence-corrected chi connectivity index (χ0v) is 19.2. The van der Waals surface area contributed by atoms with Crippen LogP contribution >= 0.6 is 34.4 Å². The number of carbonyl (C=O) groups is 1. The Labute approximate surface area is 181 Å². The molecule has 2 unspecified atom stereocenters. The number of nitrogens with one attached hydrogen (secondary N) is 1. The quantitative estimate of drug-likeness (QED) is 0.636. The molecule has 6 nitrogen and oxygen atoms in total. The molecular formula is C20H24N4O2S3. The van der Waals surface area contributed by atoms with Crippen molar-refractivity contribution in [1.29, 1.82) is 0 Å². The van der Waals surface area contributed by atoms with E-state index in [0.29, 0.717) is 22.9 Å². The summed E-state index contributed by atoms with van der Waals surface area (Å²) in [6.07, 6.45) is 3.93. The highest BCUT2D eigenvalue weighted by atomic mass is 32.2. The lowest BCUT2D eigenvalue weighted by atomic mass is 9.98. The van der Waals surface area contributed by atoms with E-state index in [4.69, 9.17) is 0 Å². The Morgan fingerprint density at radius 2 is 2.28 bits per heavy atom. The highest BCUT2D eigenvalue weighted by molar-refractivity contribution is 7.99. The van der Waals surface area contributed by atoms with Gasteiger partial charge in [-0.25, -0.2) is 9.97 Å². The van der Waals surface area contributed by atoms with Gasteiger partial charge in [-0.2, -0.15) is 0 Å². The molecule has 1 N–H and O–H groups in total. The number of thiophene rings is 1. The summed E-state index contributed by atoms with van der Waals surface area (Å²) in [5, 5.41) is 3.62. The minimum absolute atomic E-state index is 0.0891. The Morgan fingerprint density at radius 1 is 1.45 bits per heavy atom. The van der Waals surface area contributed by atoms with Gasteiger partial charge in [0.15, 0.2) is 0 Å². The molecule has 0 saturated carbocycles. The lowest BCUT2D eigenvalue weighted by Crippen LogP contribution is -2.42. The minimum atomic E-state index is -0.183. The molecule has 4 heterocycles. The third-order valence-electron chi connectivity index (χ3n) is 5.44. The monoisotopic (exact) mass is 448 g/mol. The fraction of sp³-hybridized carbons (Fsp3) is 0.500. The summed E-state index contributed by atoms with van der Waals surface area (Å²) < 4.78 is 0. The lowest BCUT2D eigenvalue weighted by Gasteiger charge is -2.33. The van der Waals surface area contributed by atoms with Crippen LogP contribution in [0, 0.1) is 13.8 Å². The first-order chi connectivity index (χ1) is 13.9. The number of carbonyl (C=O) groups excluding carboxylic acids is 1. The molecular weight excluding hydrogens is 424 g/mol. The van der Waals surface area contributed by atoms with Crippen LogP contribution in [0.4, 0.5) is 0 Å². The topological polar surface area (TPSA) is 79.0 Å². The maximum Gasteiger partial charge on any atom is 0.259 e. The Kier molecular flexibility index (Phi) is 6.08. The number of thiazole rings is 1. The number of aromatic amines is 1. The van der Waals surface area contributed by atoms with E-state index in [-0.39, 0.29) is 16.7 Å². The van der Waals surface area contributed by atoms with E-state index in [1.807, 2.05) is 37.2 Å². The van der Waals surface area contributed by atoms with E-state index in [9.17, 15) is 9.59 Å². The van der Waals surface area contributed by atoms with Crippen LogP contribution in [0.3, 0.4) is 0 Å². The number of fused-ring (bicyclic) bond motifs is 1. The van der Waals surface area contributed by atoms with Crippen molar-refractivity contribution in [3.63, 3.8) is 0 Å². The number of likely N-dealkylation sites (tertiary alicyclic amines) is 1. The van der Waals surface area contributed by atoms with Gasteiger partial charge in [-0.05, 0) is 39.2 Å². The van der Waals surface area contributed by atoms with E-state index in [1.54, 1.807) is 22.7 Å². The Bertz CT molecular complexity index is 1070. The largest absolute Gasteiger partial charge is 0.341 e. The van der Waals surface area contributed by atoms with E-state index >= 15 is 0 Å². The van der Waals surface area contributed by atoms with Gasteiger partial charge in [-0.15, -0.1) is 34.4 Å². The summed E-state index contributed by atoms with van der Waals surface area (Å²) in [7, 11) is 0. The predicted molar refractivity (Wildman–Crippen MR) is 121 cm³/mol. The number of nitrogens with zero attached hydrogens (tertiary/aromatic N) is 3. The molecule has 9 heteroatoms. The van der Waals surface area contributed by atoms with E-state index in [0.717, 1.165) is 46.2 Å². The molecule has 2 atom stereocenters. The Morgan fingerprint density at radius 3 is 3.03 bits per heavy atom. The van der Waals surface area contributed by atoms with Crippen LogP contribution in [-0.2, 0) is 10.5 Å². The van der Waals surface area contributed by atoms with Crippen LogP contribution < -0.4 is 5.56 Å². The number of amides is 1. The van der Waals surface area contributed by atoms with Crippen molar-refractivity contribution in [2.75, 3.05) is 13.1 Å². The molecule has 1 fully saturated rings. The van der Waals surface area contributed by atoms with E-state index < -0.39 is 0 Å². The average molecular weight is 449 g/mol. The highest BCUT2D eigenvalue weighted by Crippen LogP contribution is 2.30. The van der Waals surface area contributed by atoms with Gasteiger partial charge in [-0.1, -0.05) is 0 Å². The lowest BCUT2D eigenvalue weighted by molar-refractivity contribution is -0.131. The number of aryl methyl sites for hydroxylation is 2. The summed E-state index contributed by atoms with van der Waals surface area (Å²) in [4.78, 5) is 41.2. The van der Waals surface area contributed by atoms with Crippen molar-refractivity contribution in [3.05, 3.63) is 43.2 Å². The molecule has 3 aromatic rings. The summed E-state index contributed by atoms with van der Waals surface area (Å²) in [6.45, 7) is 7.45. The zero-order valence-electron chi connectivity index (χ0n) is 16.7. The molecule has 4 rings (SSSR count). The number of aromatic nitrogens is 3. The van der Waals surface area contributed by atoms with Crippen molar-refractivity contribution >= 4 is 50.6 Å². The van der Waals surface area contributed by atoms with Gasteiger partial charge < -0.3 is 9.88 Å². The van der Waals surface area contributed by atoms with Gasteiger partial charge in [0.25, 0.3) is 5.56 Å². The standard InChI is InChI=1S/C20H24N4O2S3/c1-11-12(2)29-19-16(11)17(25)22-15(23-19)10-28-13(3)20(26)24-7-4-5-14(9-24)18-21-6-8-27-18/h6,8,13-14H,4-5,7,9-10H2,1-3H3,(H,22,23,25). The maximum absolute atomic E-state index is 13.0. The molecule has 3 aromatic heterocycles. The fourth-order valence-corrected chi connectivity index (χ4v) is 6.37. The van der Waals surface area contributed by atoms with Gasteiger partial charge in [0.05, 0.1) is 21.4 Å². The van der Waals surface area contributed by atoms with Crippen molar-refractivity contribution < 1.29 is 4.79 Å². The van der Waals surface area contributed by atoms with Crippen molar-refractivity contribution in [3.8, 4) is 0 Å². The molecule has 0 spiro atoms. The Balaban J connectivity index is 1.40. The van der Waals surface area contributed by atoms with Crippen LogP contribution in [0.25, 0.3) is 10.2 Å². The van der Waals surface area contributed by atoms with Crippen LogP contribution in [0.1, 0.15) is 47.0 Å². The van der Waals surface area contributed by atoms with Gasteiger partial charge >= 0.3 is 0 Å². The van der Waals surface area contributed by atoms with Crippen molar-refractivity contribution in [1.82, 2.24) is 19.9 Å². The van der Waals surface area contributed by atoms with Gasteiger partial charge in [0.1, 0.15) is 10.7 Å². The molecule has 154 valence electrons. The molecule has 1 aliphatic rings. The third kappa shape index (κ3) is 4.27. The molecule has 0 aromatic carbocycles.